The Labute approximate surface area is 197 Å². The zero-order valence-electron chi connectivity index (χ0n) is 20.8. The standard InChI is InChI=1S/C27H38N4O2/c1-6-31(25(32)15-19-10-13-33-14-11-19)21-8-7-20-16-24(28-23(20)17-21)26-22(18(2)29-30-26)9-12-27(3,4)5/h7-8,16-17,19,28H,6,9-15H2,1-5H3,(H,29,30). The normalized spacial score (nSPS) is 15.3. The molecule has 1 aromatic carbocycles. The van der Waals surface area contributed by atoms with Crippen molar-refractivity contribution < 1.29 is 9.53 Å². The minimum atomic E-state index is 0.197. The van der Waals surface area contributed by atoms with Crippen LogP contribution in [0.15, 0.2) is 24.3 Å². The zero-order chi connectivity index (χ0) is 23.6. The second kappa shape index (κ2) is 9.72. The average molecular weight is 451 g/mol. The lowest BCUT2D eigenvalue weighted by molar-refractivity contribution is -0.120. The highest BCUT2D eigenvalue weighted by atomic mass is 16.5. The number of rotatable bonds is 7. The number of H-pyrrole nitrogens is 2. The third kappa shape index (κ3) is 5.49. The van der Waals surface area contributed by atoms with Crippen LogP contribution in [0.1, 0.15) is 64.6 Å². The number of aryl methyl sites for hydroxylation is 1. The van der Waals surface area contributed by atoms with Gasteiger partial charge in [0.2, 0.25) is 5.91 Å². The fourth-order valence-corrected chi connectivity index (χ4v) is 4.70. The van der Waals surface area contributed by atoms with Gasteiger partial charge in [-0.2, -0.15) is 5.10 Å². The van der Waals surface area contributed by atoms with E-state index in [1.54, 1.807) is 0 Å². The van der Waals surface area contributed by atoms with Crippen LogP contribution in [0.2, 0.25) is 0 Å². The van der Waals surface area contributed by atoms with Crippen molar-refractivity contribution in [3.05, 3.63) is 35.5 Å². The Morgan fingerprint density at radius 2 is 1.97 bits per heavy atom. The molecule has 1 amide bonds. The molecule has 2 aromatic heterocycles. The van der Waals surface area contributed by atoms with Gasteiger partial charge in [-0.3, -0.25) is 9.89 Å². The summed E-state index contributed by atoms with van der Waals surface area (Å²) < 4.78 is 5.44. The molecular weight excluding hydrogens is 412 g/mol. The van der Waals surface area contributed by atoms with Gasteiger partial charge >= 0.3 is 0 Å². The number of amides is 1. The summed E-state index contributed by atoms with van der Waals surface area (Å²) in [5.74, 6) is 0.624. The van der Waals surface area contributed by atoms with Crippen molar-refractivity contribution in [2.24, 2.45) is 11.3 Å². The van der Waals surface area contributed by atoms with Crippen LogP contribution in [0, 0.1) is 18.3 Å². The summed E-state index contributed by atoms with van der Waals surface area (Å²) in [6.07, 6.45) is 4.64. The highest BCUT2D eigenvalue weighted by Crippen LogP contribution is 2.32. The number of hydrogen-bond acceptors (Lipinski definition) is 3. The highest BCUT2D eigenvalue weighted by molar-refractivity contribution is 5.96. The lowest BCUT2D eigenvalue weighted by Gasteiger charge is -2.26. The van der Waals surface area contributed by atoms with Gasteiger partial charge < -0.3 is 14.6 Å². The first-order chi connectivity index (χ1) is 15.7. The predicted octanol–water partition coefficient (Wildman–Crippen LogP) is 6.01. The lowest BCUT2D eigenvalue weighted by Crippen LogP contribution is -2.33. The van der Waals surface area contributed by atoms with Crippen molar-refractivity contribution in [1.82, 2.24) is 15.2 Å². The number of hydrogen-bond donors (Lipinski definition) is 2. The number of carbonyl (C=O) groups is 1. The topological polar surface area (TPSA) is 74.0 Å². The third-order valence-electron chi connectivity index (χ3n) is 6.79. The molecule has 0 spiro atoms. The molecule has 0 saturated carbocycles. The monoisotopic (exact) mass is 450 g/mol. The van der Waals surface area contributed by atoms with Gasteiger partial charge in [0.05, 0.1) is 5.69 Å². The van der Waals surface area contributed by atoms with Gasteiger partial charge in [0.1, 0.15) is 5.69 Å². The molecule has 178 valence electrons. The minimum absolute atomic E-state index is 0.197. The Morgan fingerprint density at radius 1 is 1.21 bits per heavy atom. The zero-order valence-corrected chi connectivity index (χ0v) is 20.8. The van der Waals surface area contributed by atoms with E-state index in [1.807, 2.05) is 11.8 Å². The minimum Gasteiger partial charge on any atom is -0.381 e. The number of fused-ring (bicyclic) bond motifs is 1. The van der Waals surface area contributed by atoms with Crippen LogP contribution in [0.3, 0.4) is 0 Å². The van der Waals surface area contributed by atoms with E-state index in [-0.39, 0.29) is 11.3 Å². The Morgan fingerprint density at radius 3 is 2.67 bits per heavy atom. The first kappa shape index (κ1) is 23.6. The van der Waals surface area contributed by atoms with Crippen LogP contribution in [0.25, 0.3) is 22.3 Å². The summed E-state index contributed by atoms with van der Waals surface area (Å²) in [6.45, 7) is 13.2. The van der Waals surface area contributed by atoms with E-state index in [0.717, 1.165) is 72.6 Å². The SMILES string of the molecule is CCN(C(=O)CC1CCOCC1)c1ccc2cc(-c3n[nH]c(C)c3CCC(C)(C)C)[nH]c2c1. The van der Waals surface area contributed by atoms with Crippen LogP contribution < -0.4 is 4.90 Å². The van der Waals surface area contributed by atoms with E-state index in [9.17, 15) is 4.79 Å². The molecule has 3 heterocycles. The number of anilines is 1. The van der Waals surface area contributed by atoms with E-state index in [4.69, 9.17) is 4.74 Å². The van der Waals surface area contributed by atoms with Gasteiger partial charge in [-0.15, -0.1) is 0 Å². The van der Waals surface area contributed by atoms with Crippen LogP contribution in [-0.4, -0.2) is 40.8 Å². The molecule has 4 rings (SSSR count). The molecule has 2 N–H and O–H groups in total. The van der Waals surface area contributed by atoms with Gasteiger partial charge in [0, 0.05) is 54.0 Å². The van der Waals surface area contributed by atoms with Gasteiger partial charge in [-0.1, -0.05) is 26.8 Å². The Hall–Kier alpha value is -2.60. The summed E-state index contributed by atoms with van der Waals surface area (Å²) in [4.78, 5) is 18.5. The summed E-state index contributed by atoms with van der Waals surface area (Å²) in [7, 11) is 0. The molecule has 33 heavy (non-hydrogen) atoms. The molecule has 0 atom stereocenters. The molecule has 1 aliphatic heterocycles. The van der Waals surface area contributed by atoms with Gasteiger partial charge in [-0.25, -0.2) is 0 Å². The van der Waals surface area contributed by atoms with Crippen LogP contribution in [0.5, 0.6) is 0 Å². The molecule has 0 radical (unpaired) electrons. The predicted molar refractivity (Wildman–Crippen MR) is 135 cm³/mol. The Bertz CT molecular complexity index is 1100. The quantitative estimate of drug-likeness (QED) is 0.462. The number of ether oxygens (including phenoxy) is 1. The van der Waals surface area contributed by atoms with Crippen molar-refractivity contribution in [1.29, 1.82) is 0 Å². The van der Waals surface area contributed by atoms with Gasteiger partial charge in [0.15, 0.2) is 0 Å². The van der Waals surface area contributed by atoms with Crippen molar-refractivity contribution in [3.8, 4) is 11.4 Å². The van der Waals surface area contributed by atoms with Crippen molar-refractivity contribution in [3.63, 3.8) is 0 Å². The molecule has 1 fully saturated rings. The first-order valence-electron chi connectivity index (χ1n) is 12.3. The molecular formula is C27H38N4O2. The maximum absolute atomic E-state index is 13.1. The number of carbonyl (C=O) groups excluding carboxylic acids is 1. The van der Waals surface area contributed by atoms with Gasteiger partial charge in [-0.05, 0) is 69.1 Å². The van der Waals surface area contributed by atoms with Gasteiger partial charge in [0.25, 0.3) is 0 Å². The van der Waals surface area contributed by atoms with E-state index in [0.29, 0.717) is 18.9 Å². The summed E-state index contributed by atoms with van der Waals surface area (Å²) >= 11 is 0. The molecule has 1 aliphatic rings. The van der Waals surface area contributed by atoms with Crippen molar-refractivity contribution in [2.45, 2.75) is 66.7 Å². The van der Waals surface area contributed by atoms with E-state index in [2.05, 4.69) is 67.1 Å². The maximum atomic E-state index is 13.1. The van der Waals surface area contributed by atoms with Crippen molar-refractivity contribution in [2.75, 3.05) is 24.7 Å². The Balaban J connectivity index is 1.57. The molecule has 6 nitrogen and oxygen atoms in total. The number of nitrogens with zero attached hydrogens (tertiary/aromatic N) is 2. The second-order valence-corrected chi connectivity index (χ2v) is 10.6. The molecule has 0 aliphatic carbocycles. The lowest BCUT2D eigenvalue weighted by atomic mass is 9.88. The molecule has 1 saturated heterocycles. The largest absolute Gasteiger partial charge is 0.381 e. The molecule has 0 unspecified atom stereocenters. The summed E-state index contributed by atoms with van der Waals surface area (Å²) in [5, 5.41) is 8.92. The second-order valence-electron chi connectivity index (χ2n) is 10.6. The maximum Gasteiger partial charge on any atom is 0.227 e. The number of aromatic amines is 2. The first-order valence-corrected chi connectivity index (χ1v) is 12.3. The van der Waals surface area contributed by atoms with Crippen LogP contribution >= 0.6 is 0 Å². The smallest absolute Gasteiger partial charge is 0.227 e. The molecule has 0 bridgehead atoms. The number of benzene rings is 1. The summed E-state index contributed by atoms with van der Waals surface area (Å²) in [6, 6.07) is 8.42. The fraction of sp³-hybridized carbons (Fsp3) is 0.556. The highest BCUT2D eigenvalue weighted by Gasteiger charge is 2.22. The van der Waals surface area contributed by atoms with E-state index < -0.39 is 0 Å². The molecule has 6 heteroatoms. The molecule has 3 aromatic rings. The van der Waals surface area contributed by atoms with Crippen LogP contribution in [-0.2, 0) is 16.0 Å². The van der Waals surface area contributed by atoms with Crippen molar-refractivity contribution >= 4 is 22.5 Å². The number of nitrogens with one attached hydrogen (secondary N) is 2. The third-order valence-corrected chi connectivity index (χ3v) is 6.79. The fourth-order valence-electron chi connectivity index (χ4n) is 4.70. The number of aromatic nitrogens is 3. The Kier molecular flexibility index (Phi) is 6.94. The average Bonchev–Trinajstić information content (AvgIpc) is 3.35. The van der Waals surface area contributed by atoms with Crippen LogP contribution in [0.4, 0.5) is 5.69 Å². The van der Waals surface area contributed by atoms with E-state index in [1.165, 1.54) is 5.56 Å². The summed E-state index contributed by atoms with van der Waals surface area (Å²) in [5.41, 5.74) is 6.67. The van der Waals surface area contributed by atoms with E-state index >= 15 is 0 Å².